The molecule has 1 amide bonds. The molecule has 0 radical (unpaired) electrons. The Labute approximate surface area is 122 Å². The van der Waals surface area contributed by atoms with Crippen LogP contribution < -0.4 is 10.6 Å². The minimum absolute atomic E-state index is 0.142. The monoisotopic (exact) mass is 340 g/mol. The summed E-state index contributed by atoms with van der Waals surface area (Å²) in [6.45, 7) is 0.574. The molecule has 3 rings (SSSR count). The van der Waals surface area contributed by atoms with Gasteiger partial charge in [0.2, 0.25) is 5.91 Å². The number of carbonyl (C=O) groups is 1. The number of thiophene rings is 1. The van der Waals surface area contributed by atoms with Crippen molar-refractivity contribution in [3.05, 3.63) is 50.4 Å². The standard InChI is InChI=1S/C13H10BrFN2OS/c14-11-4-2-8(19-11)6-16-12-9-5-7(15)1-3-10(9)17-13(12)18/h1-5,12,16H,6H2,(H,17,18). The Morgan fingerprint density at radius 2 is 2.21 bits per heavy atom. The number of hydrogen-bond acceptors (Lipinski definition) is 3. The van der Waals surface area contributed by atoms with E-state index < -0.39 is 6.04 Å². The van der Waals surface area contributed by atoms with Crippen LogP contribution in [0.5, 0.6) is 0 Å². The van der Waals surface area contributed by atoms with Crippen molar-refractivity contribution in [2.75, 3.05) is 5.32 Å². The Kier molecular flexibility index (Phi) is 3.38. The highest BCUT2D eigenvalue weighted by Crippen LogP contribution is 2.32. The summed E-state index contributed by atoms with van der Waals surface area (Å²) < 4.78 is 14.3. The number of carbonyl (C=O) groups excluding carboxylic acids is 1. The maximum atomic E-state index is 13.3. The van der Waals surface area contributed by atoms with E-state index in [9.17, 15) is 9.18 Å². The van der Waals surface area contributed by atoms with Gasteiger partial charge in [-0.3, -0.25) is 10.1 Å². The van der Waals surface area contributed by atoms with Crippen molar-refractivity contribution in [3.63, 3.8) is 0 Å². The van der Waals surface area contributed by atoms with Crippen molar-refractivity contribution in [1.29, 1.82) is 0 Å². The summed E-state index contributed by atoms with van der Waals surface area (Å²) in [6.07, 6.45) is 0. The van der Waals surface area contributed by atoms with Crippen molar-refractivity contribution < 1.29 is 9.18 Å². The predicted molar refractivity (Wildman–Crippen MR) is 76.6 cm³/mol. The Hall–Kier alpha value is -1.24. The summed E-state index contributed by atoms with van der Waals surface area (Å²) >= 11 is 5.00. The fraction of sp³-hybridized carbons (Fsp3) is 0.154. The molecule has 2 aromatic rings. The first-order valence-corrected chi connectivity index (χ1v) is 7.32. The van der Waals surface area contributed by atoms with Crippen LogP contribution in [0.2, 0.25) is 0 Å². The van der Waals surface area contributed by atoms with Gasteiger partial charge in [0.1, 0.15) is 11.9 Å². The van der Waals surface area contributed by atoms with Gasteiger partial charge < -0.3 is 5.32 Å². The molecule has 1 atom stereocenters. The summed E-state index contributed by atoms with van der Waals surface area (Å²) in [7, 11) is 0. The topological polar surface area (TPSA) is 41.1 Å². The van der Waals surface area contributed by atoms with Crippen molar-refractivity contribution in [2.24, 2.45) is 0 Å². The van der Waals surface area contributed by atoms with E-state index >= 15 is 0 Å². The lowest BCUT2D eigenvalue weighted by Gasteiger charge is -2.10. The smallest absolute Gasteiger partial charge is 0.246 e. The van der Waals surface area contributed by atoms with Gasteiger partial charge in [0.25, 0.3) is 0 Å². The van der Waals surface area contributed by atoms with Crippen LogP contribution in [0.1, 0.15) is 16.5 Å². The molecule has 1 aromatic heterocycles. The molecule has 19 heavy (non-hydrogen) atoms. The molecule has 2 heterocycles. The number of benzene rings is 1. The van der Waals surface area contributed by atoms with E-state index in [2.05, 4.69) is 26.6 Å². The molecule has 1 aromatic carbocycles. The van der Waals surface area contributed by atoms with E-state index in [0.29, 0.717) is 17.8 Å². The van der Waals surface area contributed by atoms with Crippen LogP contribution in [0.15, 0.2) is 34.1 Å². The van der Waals surface area contributed by atoms with Gasteiger partial charge in [0.05, 0.1) is 3.79 Å². The Bertz CT molecular complexity index is 643. The zero-order valence-electron chi connectivity index (χ0n) is 9.74. The van der Waals surface area contributed by atoms with Crippen molar-refractivity contribution in [3.8, 4) is 0 Å². The van der Waals surface area contributed by atoms with Crippen LogP contribution in [0, 0.1) is 5.82 Å². The van der Waals surface area contributed by atoms with Crippen LogP contribution in [-0.4, -0.2) is 5.91 Å². The van der Waals surface area contributed by atoms with Gasteiger partial charge in [-0.15, -0.1) is 11.3 Å². The molecule has 98 valence electrons. The van der Waals surface area contributed by atoms with Gasteiger partial charge in [-0.05, 0) is 46.3 Å². The third kappa shape index (κ3) is 2.56. The van der Waals surface area contributed by atoms with E-state index in [-0.39, 0.29) is 11.7 Å². The summed E-state index contributed by atoms with van der Waals surface area (Å²) in [5.41, 5.74) is 1.34. The van der Waals surface area contributed by atoms with Gasteiger partial charge in [0.15, 0.2) is 0 Å². The molecule has 1 unspecified atom stereocenters. The van der Waals surface area contributed by atoms with Gasteiger partial charge in [-0.2, -0.15) is 0 Å². The molecule has 0 bridgehead atoms. The lowest BCUT2D eigenvalue weighted by molar-refractivity contribution is -0.117. The van der Waals surface area contributed by atoms with Crippen LogP contribution in [0.25, 0.3) is 0 Å². The summed E-state index contributed by atoms with van der Waals surface area (Å²) in [5, 5.41) is 5.90. The zero-order valence-corrected chi connectivity index (χ0v) is 12.1. The highest BCUT2D eigenvalue weighted by atomic mass is 79.9. The van der Waals surface area contributed by atoms with Crippen molar-refractivity contribution in [2.45, 2.75) is 12.6 Å². The van der Waals surface area contributed by atoms with Gasteiger partial charge >= 0.3 is 0 Å². The third-order valence-corrected chi connectivity index (χ3v) is 4.58. The summed E-state index contributed by atoms with van der Waals surface area (Å²) in [4.78, 5) is 13.0. The van der Waals surface area contributed by atoms with Gasteiger partial charge in [-0.25, -0.2) is 4.39 Å². The first-order chi connectivity index (χ1) is 9.13. The van der Waals surface area contributed by atoms with E-state index in [1.807, 2.05) is 12.1 Å². The number of nitrogens with one attached hydrogen (secondary N) is 2. The number of amides is 1. The molecule has 0 aliphatic carbocycles. The Morgan fingerprint density at radius 1 is 1.37 bits per heavy atom. The van der Waals surface area contributed by atoms with Gasteiger partial charge in [0, 0.05) is 22.7 Å². The molecule has 0 saturated heterocycles. The van der Waals surface area contributed by atoms with E-state index in [0.717, 1.165) is 8.66 Å². The third-order valence-electron chi connectivity index (χ3n) is 2.95. The molecule has 6 heteroatoms. The number of hydrogen-bond donors (Lipinski definition) is 2. The lowest BCUT2D eigenvalue weighted by atomic mass is 10.1. The minimum Gasteiger partial charge on any atom is -0.324 e. The summed E-state index contributed by atoms with van der Waals surface area (Å²) in [5.74, 6) is -0.475. The van der Waals surface area contributed by atoms with Crippen LogP contribution in [0.3, 0.4) is 0 Å². The average molecular weight is 341 g/mol. The largest absolute Gasteiger partial charge is 0.324 e. The molecule has 2 N–H and O–H groups in total. The first kappa shape index (κ1) is 12.8. The average Bonchev–Trinajstić information content (AvgIpc) is 2.90. The Balaban J connectivity index is 1.78. The number of halogens is 2. The predicted octanol–water partition coefficient (Wildman–Crippen LogP) is 3.43. The number of rotatable bonds is 3. The molecule has 3 nitrogen and oxygen atoms in total. The molecule has 0 fully saturated rings. The Morgan fingerprint density at radius 3 is 2.95 bits per heavy atom. The normalized spacial score (nSPS) is 17.4. The molecule has 1 aliphatic heterocycles. The highest BCUT2D eigenvalue weighted by Gasteiger charge is 2.30. The maximum absolute atomic E-state index is 13.3. The quantitative estimate of drug-likeness (QED) is 0.898. The fourth-order valence-electron chi connectivity index (χ4n) is 2.08. The molecule has 0 spiro atoms. The van der Waals surface area contributed by atoms with Crippen molar-refractivity contribution >= 4 is 38.9 Å². The second kappa shape index (κ2) is 5.03. The summed E-state index contributed by atoms with van der Waals surface area (Å²) in [6, 6.07) is 7.79. The fourth-order valence-corrected chi connectivity index (χ4v) is 3.52. The van der Waals surface area contributed by atoms with Crippen molar-refractivity contribution in [1.82, 2.24) is 5.32 Å². The second-order valence-corrected chi connectivity index (χ2v) is 6.79. The molecular formula is C13H10BrFN2OS. The number of fused-ring (bicyclic) bond motifs is 1. The minimum atomic E-state index is -0.494. The van der Waals surface area contributed by atoms with E-state index in [1.54, 1.807) is 17.4 Å². The highest BCUT2D eigenvalue weighted by molar-refractivity contribution is 9.11. The molecule has 0 saturated carbocycles. The van der Waals surface area contributed by atoms with E-state index in [1.165, 1.54) is 12.1 Å². The molecule has 1 aliphatic rings. The van der Waals surface area contributed by atoms with Crippen LogP contribution >= 0.6 is 27.3 Å². The van der Waals surface area contributed by atoms with Crippen LogP contribution in [0.4, 0.5) is 10.1 Å². The van der Waals surface area contributed by atoms with Gasteiger partial charge in [-0.1, -0.05) is 0 Å². The zero-order chi connectivity index (χ0) is 13.4. The molecular weight excluding hydrogens is 331 g/mol. The van der Waals surface area contributed by atoms with E-state index in [4.69, 9.17) is 0 Å². The lowest BCUT2D eigenvalue weighted by Crippen LogP contribution is -2.26. The first-order valence-electron chi connectivity index (χ1n) is 5.71. The maximum Gasteiger partial charge on any atom is 0.246 e. The van der Waals surface area contributed by atoms with Crippen LogP contribution in [-0.2, 0) is 11.3 Å². The number of anilines is 1. The second-order valence-electron chi connectivity index (χ2n) is 4.24. The SMILES string of the molecule is O=C1Nc2ccc(F)cc2C1NCc1ccc(Br)s1.